The Morgan fingerprint density at radius 3 is 2.77 bits per heavy atom. The van der Waals surface area contributed by atoms with E-state index in [0.717, 1.165) is 11.3 Å². The third-order valence-electron chi connectivity index (χ3n) is 5.51. The summed E-state index contributed by atoms with van der Waals surface area (Å²) in [6.45, 7) is 3.27. The summed E-state index contributed by atoms with van der Waals surface area (Å²) in [6.07, 6.45) is 0.698. The topological polar surface area (TPSA) is 79.2 Å². The number of rotatable bonds is 7. The molecule has 1 fully saturated rings. The van der Waals surface area contributed by atoms with Crippen LogP contribution in [0.4, 0.5) is 4.39 Å². The van der Waals surface area contributed by atoms with Gasteiger partial charge in [0.05, 0.1) is 11.7 Å². The van der Waals surface area contributed by atoms with Crippen molar-refractivity contribution in [2.45, 2.75) is 25.3 Å². The summed E-state index contributed by atoms with van der Waals surface area (Å²) in [6, 6.07) is 18.3. The van der Waals surface area contributed by atoms with Gasteiger partial charge in [0.1, 0.15) is 5.82 Å². The molecule has 30 heavy (non-hydrogen) atoms. The Balaban J connectivity index is 1.32. The zero-order chi connectivity index (χ0) is 20.9. The van der Waals surface area contributed by atoms with Crippen LogP contribution in [-0.4, -0.2) is 24.2 Å². The molecule has 3 atom stereocenters. The zero-order valence-corrected chi connectivity index (χ0v) is 16.8. The first kappa shape index (κ1) is 20.3. The number of hydrazine groups is 1. The molecule has 1 saturated heterocycles. The van der Waals surface area contributed by atoms with E-state index in [4.69, 9.17) is 4.52 Å². The number of benzene rings is 2. The van der Waals surface area contributed by atoms with Gasteiger partial charge >= 0.3 is 0 Å². The van der Waals surface area contributed by atoms with Crippen molar-refractivity contribution in [2.24, 2.45) is 5.92 Å². The number of carbonyl (C=O) groups is 1. The average molecular weight is 408 g/mol. The minimum Gasteiger partial charge on any atom is -0.351 e. The van der Waals surface area contributed by atoms with Crippen LogP contribution in [0, 0.1) is 11.7 Å². The first-order valence-corrected chi connectivity index (χ1v) is 10.1. The predicted molar refractivity (Wildman–Crippen MR) is 111 cm³/mol. The molecular weight excluding hydrogens is 383 g/mol. The van der Waals surface area contributed by atoms with Gasteiger partial charge in [-0.3, -0.25) is 10.2 Å². The maximum Gasteiger partial charge on any atom is 0.289 e. The second-order valence-electron chi connectivity index (χ2n) is 7.72. The monoisotopic (exact) mass is 408 g/mol. The van der Waals surface area contributed by atoms with Crippen LogP contribution >= 0.6 is 0 Å². The van der Waals surface area contributed by atoms with Gasteiger partial charge in [-0.05, 0) is 35.6 Å². The van der Waals surface area contributed by atoms with Crippen LogP contribution in [0.5, 0.6) is 0 Å². The standard InChI is InChI=1S/C23H25FN4O2/c1-15(16-5-3-2-4-6-16)11-20-12-21(30-28-20)23(29)25-13-18-14-26-27-22(18)17-7-9-19(24)10-8-17/h2-10,12,15,18,22,26-27H,11,13-14H2,1H3,(H,25,29). The number of hydrogen-bond acceptors (Lipinski definition) is 5. The summed E-state index contributed by atoms with van der Waals surface area (Å²) in [7, 11) is 0. The summed E-state index contributed by atoms with van der Waals surface area (Å²) < 4.78 is 18.4. The van der Waals surface area contributed by atoms with Crippen LogP contribution < -0.4 is 16.2 Å². The maximum absolute atomic E-state index is 13.2. The van der Waals surface area contributed by atoms with E-state index in [1.807, 2.05) is 18.2 Å². The molecule has 1 aromatic heterocycles. The fourth-order valence-electron chi connectivity index (χ4n) is 3.79. The molecule has 1 aliphatic rings. The molecule has 0 bridgehead atoms. The lowest BCUT2D eigenvalue weighted by molar-refractivity contribution is 0.0909. The Labute approximate surface area is 174 Å². The van der Waals surface area contributed by atoms with E-state index >= 15 is 0 Å². The van der Waals surface area contributed by atoms with Crippen LogP contribution in [0.25, 0.3) is 0 Å². The van der Waals surface area contributed by atoms with Gasteiger partial charge in [0, 0.05) is 25.1 Å². The van der Waals surface area contributed by atoms with E-state index in [-0.39, 0.29) is 35.4 Å². The smallest absolute Gasteiger partial charge is 0.289 e. The van der Waals surface area contributed by atoms with Crippen molar-refractivity contribution in [1.82, 2.24) is 21.3 Å². The van der Waals surface area contributed by atoms with E-state index in [2.05, 4.69) is 40.4 Å². The number of nitrogens with zero attached hydrogens (tertiary/aromatic N) is 1. The number of nitrogens with one attached hydrogen (secondary N) is 3. The van der Waals surface area contributed by atoms with Gasteiger partial charge in [0.15, 0.2) is 0 Å². The SMILES string of the molecule is CC(Cc1cc(C(=O)NCC2CNNC2c2ccc(F)cc2)on1)c1ccccc1. The lowest BCUT2D eigenvalue weighted by atomic mass is 9.95. The highest BCUT2D eigenvalue weighted by atomic mass is 19.1. The minimum absolute atomic E-state index is 0.0112. The number of carbonyl (C=O) groups excluding carboxylic acids is 1. The van der Waals surface area contributed by atoms with E-state index in [9.17, 15) is 9.18 Å². The van der Waals surface area contributed by atoms with Crippen molar-refractivity contribution in [1.29, 1.82) is 0 Å². The van der Waals surface area contributed by atoms with Crippen LogP contribution in [0.2, 0.25) is 0 Å². The quantitative estimate of drug-likeness (QED) is 0.559. The second kappa shape index (κ2) is 9.19. The highest BCUT2D eigenvalue weighted by Gasteiger charge is 2.29. The van der Waals surface area contributed by atoms with Crippen molar-refractivity contribution in [2.75, 3.05) is 13.1 Å². The van der Waals surface area contributed by atoms with Gasteiger partial charge in [-0.25, -0.2) is 9.82 Å². The molecule has 1 aliphatic heterocycles. The number of aromatic nitrogens is 1. The van der Waals surface area contributed by atoms with Gasteiger partial charge < -0.3 is 9.84 Å². The summed E-state index contributed by atoms with van der Waals surface area (Å²) >= 11 is 0. The van der Waals surface area contributed by atoms with Gasteiger partial charge in [0.2, 0.25) is 5.76 Å². The highest BCUT2D eigenvalue weighted by Crippen LogP contribution is 2.25. The molecule has 4 rings (SSSR count). The van der Waals surface area contributed by atoms with Gasteiger partial charge in [-0.1, -0.05) is 54.5 Å². The molecule has 0 aliphatic carbocycles. The fourth-order valence-corrected chi connectivity index (χ4v) is 3.79. The van der Waals surface area contributed by atoms with Crippen molar-refractivity contribution in [3.8, 4) is 0 Å². The van der Waals surface area contributed by atoms with Crippen molar-refractivity contribution < 1.29 is 13.7 Å². The molecule has 6 nitrogen and oxygen atoms in total. The Morgan fingerprint density at radius 2 is 2.00 bits per heavy atom. The summed E-state index contributed by atoms with van der Waals surface area (Å²) in [5.74, 6) is 0.0601. The fraction of sp³-hybridized carbons (Fsp3) is 0.304. The molecule has 2 aromatic carbocycles. The molecule has 1 amide bonds. The summed E-state index contributed by atoms with van der Waals surface area (Å²) in [4.78, 5) is 12.5. The molecule has 3 unspecified atom stereocenters. The van der Waals surface area contributed by atoms with Crippen molar-refractivity contribution >= 4 is 5.91 Å². The highest BCUT2D eigenvalue weighted by molar-refractivity contribution is 5.91. The average Bonchev–Trinajstić information content (AvgIpc) is 3.43. The normalized spacial score (nSPS) is 19.5. The van der Waals surface area contributed by atoms with E-state index < -0.39 is 0 Å². The molecule has 0 radical (unpaired) electrons. The molecule has 3 N–H and O–H groups in total. The number of hydrogen-bond donors (Lipinski definition) is 3. The molecular formula is C23H25FN4O2. The zero-order valence-electron chi connectivity index (χ0n) is 16.8. The Morgan fingerprint density at radius 1 is 1.23 bits per heavy atom. The Bertz CT molecular complexity index is 974. The second-order valence-corrected chi connectivity index (χ2v) is 7.72. The molecule has 3 aromatic rings. The molecule has 156 valence electrons. The minimum atomic E-state index is -0.286. The van der Waals surface area contributed by atoms with Crippen molar-refractivity contribution in [3.63, 3.8) is 0 Å². The largest absolute Gasteiger partial charge is 0.351 e. The predicted octanol–water partition coefficient (Wildman–Crippen LogP) is 3.36. The Kier molecular flexibility index (Phi) is 6.21. The first-order valence-electron chi connectivity index (χ1n) is 10.1. The van der Waals surface area contributed by atoms with E-state index in [1.165, 1.54) is 17.7 Å². The lowest BCUT2D eigenvalue weighted by Gasteiger charge is -2.19. The number of halogens is 1. The summed E-state index contributed by atoms with van der Waals surface area (Å²) in [5.41, 5.74) is 9.24. The molecule has 2 heterocycles. The first-order chi connectivity index (χ1) is 14.6. The molecule has 7 heteroatoms. The lowest BCUT2D eigenvalue weighted by Crippen LogP contribution is -2.32. The third-order valence-corrected chi connectivity index (χ3v) is 5.51. The molecule has 0 saturated carbocycles. The molecule has 0 spiro atoms. The third kappa shape index (κ3) is 4.75. The number of amides is 1. The Hall–Kier alpha value is -3.03. The van der Waals surface area contributed by atoms with Gasteiger partial charge in [-0.2, -0.15) is 0 Å². The van der Waals surface area contributed by atoms with Crippen LogP contribution in [0.15, 0.2) is 65.2 Å². The van der Waals surface area contributed by atoms with E-state index in [1.54, 1.807) is 18.2 Å². The van der Waals surface area contributed by atoms with Crippen LogP contribution in [-0.2, 0) is 6.42 Å². The summed E-state index contributed by atoms with van der Waals surface area (Å²) in [5, 5.41) is 6.98. The maximum atomic E-state index is 13.2. The van der Waals surface area contributed by atoms with Gasteiger partial charge in [-0.15, -0.1) is 0 Å². The van der Waals surface area contributed by atoms with Crippen LogP contribution in [0.1, 0.15) is 46.3 Å². The van der Waals surface area contributed by atoms with Crippen LogP contribution in [0.3, 0.4) is 0 Å². The van der Waals surface area contributed by atoms with Gasteiger partial charge in [0.25, 0.3) is 5.91 Å². The van der Waals surface area contributed by atoms with E-state index in [0.29, 0.717) is 19.5 Å². The van der Waals surface area contributed by atoms with Crippen molar-refractivity contribution in [3.05, 3.63) is 89.1 Å².